The maximum atomic E-state index is 13.8. The molecular formula is C37H47Cl3N2O9. The predicted octanol–water partition coefficient (Wildman–Crippen LogP) is 7.98. The van der Waals surface area contributed by atoms with Gasteiger partial charge in [0.15, 0.2) is 5.60 Å². The molecule has 11 nitrogen and oxygen atoms in total. The van der Waals surface area contributed by atoms with Gasteiger partial charge in [-0.2, -0.15) is 0 Å². The van der Waals surface area contributed by atoms with Crippen molar-refractivity contribution in [2.24, 2.45) is 0 Å². The predicted molar refractivity (Wildman–Crippen MR) is 195 cm³/mol. The monoisotopic (exact) mass is 768 g/mol. The third-order valence-electron chi connectivity index (χ3n) is 8.39. The van der Waals surface area contributed by atoms with Crippen LogP contribution in [-0.2, 0) is 30.3 Å². The molecule has 2 atom stereocenters. The molecule has 0 aromatic heterocycles. The Morgan fingerprint density at radius 1 is 0.882 bits per heavy atom. The summed E-state index contributed by atoms with van der Waals surface area (Å²) < 4.78 is 32.1. The molecule has 0 spiro atoms. The van der Waals surface area contributed by atoms with Crippen LogP contribution < -0.4 is 9.47 Å². The van der Waals surface area contributed by atoms with E-state index in [1.807, 2.05) is 48.5 Å². The fourth-order valence-electron chi connectivity index (χ4n) is 5.84. The summed E-state index contributed by atoms with van der Waals surface area (Å²) in [6, 6.07) is 13.6. The second-order valence-corrected chi connectivity index (χ2v) is 16.0. The van der Waals surface area contributed by atoms with E-state index >= 15 is 0 Å². The van der Waals surface area contributed by atoms with E-state index in [1.54, 1.807) is 34.8 Å². The SMILES string of the molecule is CCOC(=O)C1=C(c2ccc(OCCCOCc3ccccc3OC)cc2)CC2CN(C(=O)OC(C)(C)C)CC1N2C(=O)OC(C)(C)C(Cl)(Cl)Cl. The van der Waals surface area contributed by atoms with Crippen molar-refractivity contribution in [3.8, 4) is 11.5 Å². The number of halogens is 3. The molecule has 4 rings (SSSR count). The summed E-state index contributed by atoms with van der Waals surface area (Å²) in [4.78, 5) is 43.8. The number of nitrogens with zero attached hydrogens (tertiary/aromatic N) is 2. The summed E-state index contributed by atoms with van der Waals surface area (Å²) in [6.45, 7) is 11.5. The number of ether oxygens (including phenoxy) is 6. The van der Waals surface area contributed by atoms with E-state index in [9.17, 15) is 14.4 Å². The zero-order valence-corrected chi connectivity index (χ0v) is 32.4. The fraction of sp³-hybridized carbons (Fsp3) is 0.541. The van der Waals surface area contributed by atoms with E-state index in [0.29, 0.717) is 37.6 Å². The minimum absolute atomic E-state index is 0.0489. The first-order valence-corrected chi connectivity index (χ1v) is 18.0. The lowest BCUT2D eigenvalue weighted by atomic mass is 9.82. The Morgan fingerprint density at radius 2 is 1.57 bits per heavy atom. The Hall–Kier alpha value is -3.38. The molecule has 0 radical (unpaired) electrons. The maximum Gasteiger partial charge on any atom is 0.411 e. The van der Waals surface area contributed by atoms with E-state index in [0.717, 1.165) is 16.9 Å². The number of rotatable bonds is 12. The van der Waals surface area contributed by atoms with Crippen molar-refractivity contribution in [1.29, 1.82) is 0 Å². The van der Waals surface area contributed by atoms with Crippen LogP contribution in [-0.4, -0.2) is 95.1 Å². The van der Waals surface area contributed by atoms with E-state index in [4.69, 9.17) is 63.2 Å². The molecule has 1 saturated heterocycles. The third kappa shape index (κ3) is 10.4. The molecule has 0 saturated carbocycles. The standard InChI is InChI=1S/C37H47Cl3N2O9/c1-8-48-32(43)31-28(24-14-16-27(17-15-24)49-19-11-18-47-23-25-12-9-10-13-30(25)46-7)20-26-21-41(33(44)50-35(2,3)4)22-29(31)42(26)34(45)51-36(5,6)37(38,39)40/h9-10,12-17,26,29H,8,11,18-23H2,1-7H3. The lowest BCUT2D eigenvalue weighted by Gasteiger charge is -2.50. The van der Waals surface area contributed by atoms with E-state index < -0.39 is 45.2 Å². The Labute approximate surface area is 315 Å². The number of para-hydroxylation sites is 1. The van der Waals surface area contributed by atoms with Crippen LogP contribution in [0.15, 0.2) is 54.1 Å². The van der Waals surface area contributed by atoms with Crippen LogP contribution in [0.3, 0.4) is 0 Å². The Balaban J connectivity index is 1.55. The number of carbonyl (C=O) groups excluding carboxylic acids is 3. The molecule has 2 aromatic rings. The third-order valence-corrected chi connectivity index (χ3v) is 9.75. The van der Waals surface area contributed by atoms with Gasteiger partial charge < -0.3 is 33.3 Å². The number of fused-ring (bicyclic) bond motifs is 2. The Morgan fingerprint density at radius 3 is 2.20 bits per heavy atom. The summed E-state index contributed by atoms with van der Waals surface area (Å²) in [6.07, 6.45) is -0.475. The minimum Gasteiger partial charge on any atom is -0.496 e. The lowest BCUT2D eigenvalue weighted by Crippen LogP contribution is -2.66. The van der Waals surface area contributed by atoms with Crippen molar-refractivity contribution >= 4 is 58.5 Å². The van der Waals surface area contributed by atoms with Gasteiger partial charge in [0, 0.05) is 25.1 Å². The van der Waals surface area contributed by atoms with Crippen molar-refractivity contribution < 1.29 is 42.8 Å². The Bertz CT molecular complexity index is 1570. The first-order valence-electron chi connectivity index (χ1n) is 16.8. The van der Waals surface area contributed by atoms with E-state index in [1.165, 1.54) is 23.6 Å². The summed E-state index contributed by atoms with van der Waals surface area (Å²) in [5.41, 5.74) is 0.373. The number of methoxy groups -OCH3 is 1. The second-order valence-electron chi connectivity index (χ2n) is 13.7. The molecule has 2 unspecified atom stereocenters. The first-order chi connectivity index (χ1) is 24.0. The van der Waals surface area contributed by atoms with Crippen LogP contribution in [0.1, 0.15) is 65.5 Å². The van der Waals surface area contributed by atoms with Gasteiger partial charge >= 0.3 is 18.2 Å². The summed E-state index contributed by atoms with van der Waals surface area (Å²) >= 11 is 18.4. The average Bonchev–Trinajstić information content (AvgIpc) is 3.04. The number of piperazine rings is 1. The van der Waals surface area contributed by atoms with Gasteiger partial charge in [0.1, 0.15) is 17.1 Å². The Kier molecular flexibility index (Phi) is 13.4. The van der Waals surface area contributed by atoms with Gasteiger partial charge in [0.05, 0.1) is 51.2 Å². The van der Waals surface area contributed by atoms with Crippen LogP contribution in [0, 0.1) is 0 Å². The topological polar surface area (TPSA) is 113 Å². The second kappa shape index (κ2) is 17.0. The van der Waals surface area contributed by atoms with Crippen molar-refractivity contribution in [3.05, 3.63) is 65.2 Å². The highest BCUT2D eigenvalue weighted by Crippen LogP contribution is 2.43. The minimum atomic E-state index is -1.94. The van der Waals surface area contributed by atoms with Crippen LogP contribution in [0.4, 0.5) is 9.59 Å². The smallest absolute Gasteiger partial charge is 0.411 e. The highest BCUT2D eigenvalue weighted by atomic mass is 35.6. The molecule has 2 aromatic carbocycles. The molecule has 2 amide bonds. The molecule has 280 valence electrons. The summed E-state index contributed by atoms with van der Waals surface area (Å²) in [7, 11) is 1.63. The molecule has 14 heteroatoms. The van der Waals surface area contributed by atoms with Gasteiger partial charge in [0.25, 0.3) is 0 Å². The zero-order valence-electron chi connectivity index (χ0n) is 30.1. The van der Waals surface area contributed by atoms with Gasteiger partial charge in [-0.05, 0) is 77.3 Å². The van der Waals surface area contributed by atoms with E-state index in [2.05, 4.69) is 0 Å². The molecular weight excluding hydrogens is 723 g/mol. The molecule has 2 heterocycles. The summed E-state index contributed by atoms with van der Waals surface area (Å²) in [5, 5.41) is 0. The molecule has 2 aliphatic rings. The van der Waals surface area contributed by atoms with Crippen molar-refractivity contribution in [3.63, 3.8) is 0 Å². The number of esters is 1. The van der Waals surface area contributed by atoms with Gasteiger partial charge in [0.2, 0.25) is 3.79 Å². The maximum absolute atomic E-state index is 13.8. The van der Waals surface area contributed by atoms with E-state index in [-0.39, 0.29) is 31.7 Å². The van der Waals surface area contributed by atoms with Crippen LogP contribution in [0.5, 0.6) is 11.5 Å². The van der Waals surface area contributed by atoms with Gasteiger partial charge in [-0.15, -0.1) is 0 Å². The molecule has 2 bridgehead atoms. The van der Waals surface area contributed by atoms with Gasteiger partial charge in [-0.3, -0.25) is 4.90 Å². The van der Waals surface area contributed by atoms with Crippen molar-refractivity contribution in [2.45, 2.75) is 88.1 Å². The van der Waals surface area contributed by atoms with Crippen LogP contribution in [0.2, 0.25) is 0 Å². The highest BCUT2D eigenvalue weighted by Gasteiger charge is 2.52. The number of carbonyl (C=O) groups is 3. The van der Waals surface area contributed by atoms with Crippen LogP contribution in [0.25, 0.3) is 5.57 Å². The molecule has 51 heavy (non-hydrogen) atoms. The number of amides is 2. The molecule has 2 aliphatic heterocycles. The summed E-state index contributed by atoms with van der Waals surface area (Å²) in [5.74, 6) is 0.815. The first kappa shape index (κ1) is 40.4. The molecule has 0 N–H and O–H groups in total. The number of hydrogen-bond donors (Lipinski definition) is 0. The fourth-order valence-corrected chi connectivity index (χ4v) is 5.95. The number of alkyl halides is 3. The lowest BCUT2D eigenvalue weighted by molar-refractivity contribution is -0.140. The van der Waals surface area contributed by atoms with Gasteiger partial charge in [-0.1, -0.05) is 65.1 Å². The number of benzene rings is 2. The van der Waals surface area contributed by atoms with Crippen molar-refractivity contribution in [1.82, 2.24) is 9.80 Å². The zero-order chi connectivity index (χ0) is 37.6. The van der Waals surface area contributed by atoms with Crippen LogP contribution >= 0.6 is 34.8 Å². The molecule has 0 aliphatic carbocycles. The van der Waals surface area contributed by atoms with Gasteiger partial charge in [-0.25, -0.2) is 14.4 Å². The molecule has 1 fully saturated rings. The highest BCUT2D eigenvalue weighted by molar-refractivity contribution is 6.68. The quantitative estimate of drug-likeness (QED) is 0.0918. The largest absolute Gasteiger partial charge is 0.496 e. The average molecular weight is 770 g/mol. The normalized spacial score (nSPS) is 17.9. The number of hydrogen-bond acceptors (Lipinski definition) is 9. The van der Waals surface area contributed by atoms with Crippen molar-refractivity contribution in [2.75, 3.05) is 40.0 Å².